The van der Waals surface area contributed by atoms with Crippen LogP contribution in [0.5, 0.6) is 0 Å². The summed E-state index contributed by atoms with van der Waals surface area (Å²) in [6, 6.07) is 13.6. The van der Waals surface area contributed by atoms with Gasteiger partial charge in [0.1, 0.15) is 0 Å². The van der Waals surface area contributed by atoms with E-state index in [-0.39, 0.29) is 5.91 Å². The molecular formula is C19H17N3O. The Kier molecular flexibility index (Phi) is 2.98. The van der Waals surface area contributed by atoms with Gasteiger partial charge in [-0.15, -0.1) is 0 Å². The zero-order valence-corrected chi connectivity index (χ0v) is 13.0. The van der Waals surface area contributed by atoms with Crippen molar-refractivity contribution in [1.82, 2.24) is 9.97 Å². The summed E-state index contributed by atoms with van der Waals surface area (Å²) >= 11 is 0. The van der Waals surface area contributed by atoms with E-state index < -0.39 is 0 Å². The van der Waals surface area contributed by atoms with Crippen LogP contribution in [0.25, 0.3) is 21.8 Å². The lowest BCUT2D eigenvalue weighted by molar-refractivity contribution is 0.102. The Balaban J connectivity index is 1.66. The van der Waals surface area contributed by atoms with E-state index in [0.29, 0.717) is 5.56 Å². The summed E-state index contributed by atoms with van der Waals surface area (Å²) in [5.74, 6) is -0.0972. The molecule has 2 heterocycles. The number of aromatic nitrogens is 2. The van der Waals surface area contributed by atoms with Crippen molar-refractivity contribution in [3.63, 3.8) is 0 Å². The highest BCUT2D eigenvalue weighted by atomic mass is 16.1. The molecule has 0 atom stereocenters. The molecule has 2 aromatic carbocycles. The van der Waals surface area contributed by atoms with Crippen LogP contribution in [-0.2, 0) is 0 Å². The maximum absolute atomic E-state index is 12.5. The zero-order chi connectivity index (χ0) is 16.0. The average molecular weight is 303 g/mol. The fourth-order valence-corrected chi connectivity index (χ4v) is 2.94. The third-order valence-corrected chi connectivity index (χ3v) is 4.38. The number of benzene rings is 2. The van der Waals surface area contributed by atoms with Crippen molar-refractivity contribution in [3.05, 3.63) is 65.5 Å². The summed E-state index contributed by atoms with van der Waals surface area (Å²) in [6.07, 6.45) is 1.89. The fourth-order valence-electron chi connectivity index (χ4n) is 2.94. The second kappa shape index (κ2) is 5.02. The molecule has 0 radical (unpaired) electrons. The molecule has 0 saturated carbocycles. The predicted octanol–water partition coefficient (Wildman–Crippen LogP) is 4.52. The summed E-state index contributed by atoms with van der Waals surface area (Å²) in [5.41, 5.74) is 5.89. The Morgan fingerprint density at radius 1 is 1.00 bits per heavy atom. The lowest BCUT2D eigenvalue weighted by Gasteiger charge is -2.06. The summed E-state index contributed by atoms with van der Waals surface area (Å²) in [4.78, 5) is 19.0. The quantitative estimate of drug-likeness (QED) is 0.501. The number of fused-ring (bicyclic) bond motifs is 2. The monoisotopic (exact) mass is 303 g/mol. The number of carbonyl (C=O) groups is 1. The van der Waals surface area contributed by atoms with Crippen LogP contribution < -0.4 is 5.32 Å². The first-order chi connectivity index (χ1) is 11.1. The van der Waals surface area contributed by atoms with Crippen LogP contribution in [0.2, 0.25) is 0 Å². The summed E-state index contributed by atoms with van der Waals surface area (Å²) in [7, 11) is 0. The Morgan fingerprint density at radius 3 is 2.70 bits per heavy atom. The second-order valence-corrected chi connectivity index (χ2v) is 5.87. The summed E-state index contributed by atoms with van der Waals surface area (Å²) in [6.45, 7) is 4.11. The molecule has 0 aliphatic rings. The topological polar surface area (TPSA) is 60.7 Å². The van der Waals surface area contributed by atoms with Crippen LogP contribution in [0.4, 0.5) is 5.69 Å². The molecule has 4 heteroatoms. The summed E-state index contributed by atoms with van der Waals surface area (Å²) < 4.78 is 0. The zero-order valence-electron chi connectivity index (χ0n) is 13.0. The van der Waals surface area contributed by atoms with E-state index in [1.807, 2.05) is 55.6 Å². The van der Waals surface area contributed by atoms with Crippen molar-refractivity contribution in [2.75, 3.05) is 5.32 Å². The van der Waals surface area contributed by atoms with Gasteiger partial charge in [0, 0.05) is 44.9 Å². The lowest BCUT2D eigenvalue weighted by atomic mass is 10.1. The molecule has 23 heavy (non-hydrogen) atoms. The van der Waals surface area contributed by atoms with Gasteiger partial charge in [-0.05, 0) is 61.9 Å². The Labute approximate surface area is 133 Å². The van der Waals surface area contributed by atoms with Gasteiger partial charge in [-0.25, -0.2) is 0 Å². The standard InChI is InChI=1S/C19H17N3O/c1-11-12(2)21-18-5-3-14(10-16(11)18)19(23)22-15-4-6-17-13(9-15)7-8-20-17/h3-10,20-21H,1-2H3,(H,22,23). The number of aromatic amines is 2. The number of amides is 1. The lowest BCUT2D eigenvalue weighted by Crippen LogP contribution is -2.11. The van der Waals surface area contributed by atoms with E-state index in [0.717, 1.165) is 33.2 Å². The number of aryl methyl sites for hydroxylation is 2. The molecule has 4 aromatic rings. The van der Waals surface area contributed by atoms with Crippen molar-refractivity contribution in [1.29, 1.82) is 0 Å². The first-order valence-corrected chi connectivity index (χ1v) is 7.59. The smallest absolute Gasteiger partial charge is 0.255 e. The molecule has 0 saturated heterocycles. The van der Waals surface area contributed by atoms with Gasteiger partial charge in [0.2, 0.25) is 0 Å². The van der Waals surface area contributed by atoms with Gasteiger partial charge in [-0.1, -0.05) is 0 Å². The molecule has 4 nitrogen and oxygen atoms in total. The van der Waals surface area contributed by atoms with Gasteiger partial charge >= 0.3 is 0 Å². The molecule has 0 fully saturated rings. The predicted molar refractivity (Wildman–Crippen MR) is 94.0 cm³/mol. The molecule has 0 spiro atoms. The van der Waals surface area contributed by atoms with Crippen LogP contribution >= 0.6 is 0 Å². The largest absolute Gasteiger partial charge is 0.361 e. The number of H-pyrrole nitrogens is 2. The Bertz CT molecular complexity index is 1040. The highest BCUT2D eigenvalue weighted by Gasteiger charge is 2.10. The highest BCUT2D eigenvalue weighted by molar-refractivity contribution is 6.07. The molecule has 0 aliphatic carbocycles. The molecule has 0 aliphatic heterocycles. The fraction of sp³-hybridized carbons (Fsp3) is 0.105. The van der Waals surface area contributed by atoms with Crippen molar-refractivity contribution in [3.8, 4) is 0 Å². The van der Waals surface area contributed by atoms with Crippen molar-refractivity contribution >= 4 is 33.4 Å². The second-order valence-electron chi connectivity index (χ2n) is 5.87. The highest BCUT2D eigenvalue weighted by Crippen LogP contribution is 2.23. The van der Waals surface area contributed by atoms with Gasteiger partial charge in [0.15, 0.2) is 0 Å². The molecular weight excluding hydrogens is 286 g/mol. The molecule has 1 amide bonds. The van der Waals surface area contributed by atoms with Gasteiger partial charge in [0.05, 0.1) is 0 Å². The maximum atomic E-state index is 12.5. The minimum atomic E-state index is -0.0972. The third-order valence-electron chi connectivity index (χ3n) is 4.38. The van der Waals surface area contributed by atoms with E-state index in [4.69, 9.17) is 0 Å². The minimum absolute atomic E-state index is 0.0972. The average Bonchev–Trinajstić information content (AvgIpc) is 3.12. The molecule has 114 valence electrons. The van der Waals surface area contributed by atoms with Crippen molar-refractivity contribution in [2.45, 2.75) is 13.8 Å². The third kappa shape index (κ3) is 2.28. The van der Waals surface area contributed by atoms with Crippen molar-refractivity contribution < 1.29 is 4.79 Å². The molecule has 2 aromatic heterocycles. The van der Waals surface area contributed by atoms with E-state index in [2.05, 4.69) is 22.2 Å². The first-order valence-electron chi connectivity index (χ1n) is 7.59. The maximum Gasteiger partial charge on any atom is 0.255 e. The normalized spacial score (nSPS) is 11.2. The Hall–Kier alpha value is -3.01. The van der Waals surface area contributed by atoms with Gasteiger partial charge in [-0.3, -0.25) is 4.79 Å². The number of rotatable bonds is 2. The van der Waals surface area contributed by atoms with Crippen LogP contribution in [0.15, 0.2) is 48.7 Å². The van der Waals surface area contributed by atoms with Crippen LogP contribution in [0.1, 0.15) is 21.6 Å². The molecule has 4 rings (SSSR count). The number of nitrogens with one attached hydrogen (secondary N) is 3. The van der Waals surface area contributed by atoms with Crippen LogP contribution in [0, 0.1) is 13.8 Å². The Morgan fingerprint density at radius 2 is 1.83 bits per heavy atom. The number of carbonyl (C=O) groups excluding carboxylic acids is 1. The minimum Gasteiger partial charge on any atom is -0.361 e. The molecule has 0 unspecified atom stereocenters. The number of hydrogen-bond acceptors (Lipinski definition) is 1. The number of anilines is 1. The molecule has 3 N–H and O–H groups in total. The van der Waals surface area contributed by atoms with Crippen molar-refractivity contribution in [2.24, 2.45) is 0 Å². The molecule has 0 bridgehead atoms. The van der Waals surface area contributed by atoms with Crippen LogP contribution in [-0.4, -0.2) is 15.9 Å². The van der Waals surface area contributed by atoms with E-state index >= 15 is 0 Å². The van der Waals surface area contributed by atoms with E-state index in [1.54, 1.807) is 0 Å². The number of hydrogen-bond donors (Lipinski definition) is 3. The summed E-state index contributed by atoms with van der Waals surface area (Å²) in [5, 5.41) is 5.14. The first kappa shape index (κ1) is 13.6. The van der Waals surface area contributed by atoms with E-state index in [1.165, 1.54) is 5.56 Å². The van der Waals surface area contributed by atoms with Crippen LogP contribution in [0.3, 0.4) is 0 Å². The van der Waals surface area contributed by atoms with Gasteiger partial charge in [0.25, 0.3) is 5.91 Å². The van der Waals surface area contributed by atoms with Gasteiger partial charge in [-0.2, -0.15) is 0 Å². The van der Waals surface area contributed by atoms with E-state index in [9.17, 15) is 4.79 Å². The van der Waals surface area contributed by atoms with Gasteiger partial charge < -0.3 is 15.3 Å². The SMILES string of the molecule is Cc1[nH]c2ccc(C(=O)Nc3ccc4[nH]ccc4c3)cc2c1C.